The molecule has 3 aromatic rings. The highest BCUT2D eigenvalue weighted by atomic mass is 35.5. The summed E-state index contributed by atoms with van der Waals surface area (Å²) in [5, 5.41) is 3.40. The van der Waals surface area contributed by atoms with E-state index < -0.39 is 21.7 Å². The van der Waals surface area contributed by atoms with Crippen LogP contribution in [0.25, 0.3) is 0 Å². The molecule has 0 aromatic heterocycles. The summed E-state index contributed by atoms with van der Waals surface area (Å²) in [5.74, 6) is -1.62. The van der Waals surface area contributed by atoms with Gasteiger partial charge in [0.25, 0.3) is 5.91 Å². The zero-order valence-electron chi connectivity index (χ0n) is 17.3. The van der Waals surface area contributed by atoms with Crippen molar-refractivity contribution < 1.29 is 17.6 Å². The highest BCUT2D eigenvalue weighted by molar-refractivity contribution is 7.89. The van der Waals surface area contributed by atoms with E-state index in [0.29, 0.717) is 23.8 Å². The van der Waals surface area contributed by atoms with E-state index in [4.69, 9.17) is 23.2 Å². The predicted molar refractivity (Wildman–Crippen MR) is 128 cm³/mol. The quantitative estimate of drug-likeness (QED) is 0.533. The van der Waals surface area contributed by atoms with E-state index in [-0.39, 0.29) is 28.6 Å². The first-order valence-corrected chi connectivity index (χ1v) is 12.3. The van der Waals surface area contributed by atoms with Gasteiger partial charge < -0.3 is 10.2 Å². The number of carbonyl (C=O) groups excluding carboxylic acids is 1. The van der Waals surface area contributed by atoms with E-state index in [1.54, 1.807) is 30.3 Å². The molecular formula is C23H20Cl2FN3O3S. The molecule has 172 valence electrons. The zero-order chi connectivity index (χ0) is 23.6. The number of piperazine rings is 1. The SMILES string of the molecule is O=C(Nc1ccccc1Cl)c1cc(S(=O)(=O)N2CCN(c3ccccc3Cl)CC2)ccc1F. The van der Waals surface area contributed by atoms with Crippen LogP contribution in [0.15, 0.2) is 71.6 Å². The van der Waals surface area contributed by atoms with Gasteiger partial charge in [-0.05, 0) is 42.5 Å². The average Bonchev–Trinajstić information content (AvgIpc) is 2.81. The molecule has 1 heterocycles. The smallest absolute Gasteiger partial charge is 0.258 e. The van der Waals surface area contributed by atoms with Crippen molar-refractivity contribution in [1.82, 2.24) is 4.31 Å². The first-order valence-electron chi connectivity index (χ1n) is 10.1. The van der Waals surface area contributed by atoms with Crippen molar-refractivity contribution in [2.24, 2.45) is 0 Å². The molecule has 0 aliphatic carbocycles. The van der Waals surface area contributed by atoms with Crippen LogP contribution in [0.2, 0.25) is 10.0 Å². The Balaban J connectivity index is 1.52. The number of sulfonamides is 1. The molecule has 0 saturated carbocycles. The number of anilines is 2. The normalized spacial score (nSPS) is 14.8. The van der Waals surface area contributed by atoms with Crippen molar-refractivity contribution >= 4 is 50.5 Å². The van der Waals surface area contributed by atoms with Gasteiger partial charge in [0.2, 0.25) is 10.0 Å². The molecule has 0 unspecified atom stereocenters. The molecule has 1 N–H and O–H groups in total. The highest BCUT2D eigenvalue weighted by Crippen LogP contribution is 2.28. The van der Waals surface area contributed by atoms with Crippen LogP contribution in [0.1, 0.15) is 10.4 Å². The van der Waals surface area contributed by atoms with Gasteiger partial charge in [-0.3, -0.25) is 4.79 Å². The Morgan fingerprint density at radius 2 is 1.52 bits per heavy atom. The lowest BCUT2D eigenvalue weighted by Gasteiger charge is -2.35. The molecule has 1 saturated heterocycles. The third-order valence-electron chi connectivity index (χ3n) is 5.37. The topological polar surface area (TPSA) is 69.7 Å². The van der Waals surface area contributed by atoms with Crippen LogP contribution in [-0.2, 0) is 10.0 Å². The third kappa shape index (κ3) is 4.99. The summed E-state index contributed by atoms with van der Waals surface area (Å²) in [6, 6.07) is 17.1. The Morgan fingerprint density at radius 3 is 2.18 bits per heavy atom. The molecule has 6 nitrogen and oxygen atoms in total. The van der Waals surface area contributed by atoms with Gasteiger partial charge in [-0.25, -0.2) is 12.8 Å². The van der Waals surface area contributed by atoms with Crippen molar-refractivity contribution in [2.45, 2.75) is 4.90 Å². The maximum atomic E-state index is 14.4. The second kappa shape index (κ2) is 9.69. The number of amides is 1. The number of halogens is 3. The van der Waals surface area contributed by atoms with Crippen LogP contribution in [-0.4, -0.2) is 44.8 Å². The van der Waals surface area contributed by atoms with Gasteiger partial charge in [0, 0.05) is 26.2 Å². The van der Waals surface area contributed by atoms with Gasteiger partial charge in [0.1, 0.15) is 5.82 Å². The first kappa shape index (κ1) is 23.5. The minimum Gasteiger partial charge on any atom is -0.368 e. The number of nitrogens with one attached hydrogen (secondary N) is 1. The summed E-state index contributed by atoms with van der Waals surface area (Å²) < 4.78 is 42.1. The van der Waals surface area contributed by atoms with Crippen LogP contribution >= 0.6 is 23.2 Å². The predicted octanol–water partition coefficient (Wildman–Crippen LogP) is 4.90. The molecule has 0 bridgehead atoms. The van der Waals surface area contributed by atoms with E-state index in [2.05, 4.69) is 5.32 Å². The minimum absolute atomic E-state index is 0.153. The standard InChI is InChI=1S/C23H20Cl2FN3O3S/c24-18-5-1-3-7-21(18)27-23(30)17-15-16(9-10-20(17)26)33(31,32)29-13-11-28(12-14-29)22-8-4-2-6-19(22)25/h1-10,15H,11-14H2,(H,27,30). The molecule has 0 atom stereocenters. The van der Waals surface area contributed by atoms with Gasteiger partial charge in [-0.15, -0.1) is 0 Å². The molecule has 0 radical (unpaired) electrons. The average molecular weight is 508 g/mol. The summed E-state index contributed by atoms with van der Waals surface area (Å²) in [7, 11) is -3.93. The van der Waals surface area contributed by atoms with E-state index in [1.165, 1.54) is 4.31 Å². The summed E-state index contributed by atoms with van der Waals surface area (Å²) >= 11 is 12.3. The maximum Gasteiger partial charge on any atom is 0.258 e. The molecular weight excluding hydrogens is 488 g/mol. The fourth-order valence-corrected chi connectivity index (χ4v) is 5.50. The Hall–Kier alpha value is -2.65. The van der Waals surface area contributed by atoms with E-state index in [0.717, 1.165) is 23.9 Å². The van der Waals surface area contributed by atoms with Crippen LogP contribution in [0, 0.1) is 5.82 Å². The van der Waals surface area contributed by atoms with Gasteiger partial charge >= 0.3 is 0 Å². The van der Waals surface area contributed by atoms with E-state index in [1.807, 2.05) is 23.1 Å². The second-order valence-electron chi connectivity index (χ2n) is 7.42. The molecule has 1 aliphatic heterocycles. The van der Waals surface area contributed by atoms with Gasteiger partial charge in [0.05, 0.1) is 31.9 Å². The highest BCUT2D eigenvalue weighted by Gasteiger charge is 2.30. The Labute approximate surface area is 201 Å². The number of benzene rings is 3. The van der Waals surface area contributed by atoms with Crippen molar-refractivity contribution in [2.75, 3.05) is 36.4 Å². The monoisotopic (exact) mass is 507 g/mol. The largest absolute Gasteiger partial charge is 0.368 e. The molecule has 33 heavy (non-hydrogen) atoms. The minimum atomic E-state index is -3.93. The molecule has 1 fully saturated rings. The number of rotatable bonds is 5. The lowest BCUT2D eigenvalue weighted by molar-refractivity contribution is 0.102. The molecule has 3 aromatic carbocycles. The van der Waals surface area contributed by atoms with Crippen molar-refractivity contribution in [3.05, 3.63) is 88.2 Å². The molecule has 4 rings (SSSR count). The van der Waals surface area contributed by atoms with Crippen LogP contribution < -0.4 is 10.2 Å². The Bertz CT molecular complexity index is 1300. The number of para-hydroxylation sites is 2. The van der Waals surface area contributed by atoms with Crippen molar-refractivity contribution in [1.29, 1.82) is 0 Å². The number of hydrogen-bond acceptors (Lipinski definition) is 4. The van der Waals surface area contributed by atoms with E-state index >= 15 is 0 Å². The third-order valence-corrected chi connectivity index (χ3v) is 7.92. The van der Waals surface area contributed by atoms with Crippen LogP contribution in [0.3, 0.4) is 0 Å². The van der Waals surface area contributed by atoms with Crippen LogP contribution in [0.5, 0.6) is 0 Å². The molecule has 10 heteroatoms. The Kier molecular flexibility index (Phi) is 6.90. The molecule has 0 spiro atoms. The number of carbonyl (C=O) groups is 1. The zero-order valence-corrected chi connectivity index (χ0v) is 19.7. The first-order chi connectivity index (χ1) is 15.8. The van der Waals surface area contributed by atoms with Crippen molar-refractivity contribution in [3.63, 3.8) is 0 Å². The van der Waals surface area contributed by atoms with Gasteiger partial charge in [0.15, 0.2) is 0 Å². The summed E-state index contributed by atoms with van der Waals surface area (Å²) in [6.07, 6.45) is 0. The summed E-state index contributed by atoms with van der Waals surface area (Å²) in [5.41, 5.74) is 0.759. The van der Waals surface area contributed by atoms with Gasteiger partial charge in [-0.1, -0.05) is 47.5 Å². The fraction of sp³-hybridized carbons (Fsp3) is 0.174. The maximum absolute atomic E-state index is 14.4. The number of hydrogen-bond donors (Lipinski definition) is 1. The summed E-state index contributed by atoms with van der Waals surface area (Å²) in [4.78, 5) is 14.5. The lowest BCUT2D eigenvalue weighted by atomic mass is 10.2. The fourth-order valence-electron chi connectivity index (χ4n) is 3.62. The van der Waals surface area contributed by atoms with E-state index in [9.17, 15) is 17.6 Å². The summed E-state index contributed by atoms with van der Waals surface area (Å²) in [6.45, 7) is 1.35. The van der Waals surface area contributed by atoms with Gasteiger partial charge in [-0.2, -0.15) is 4.31 Å². The molecule has 1 aliphatic rings. The van der Waals surface area contributed by atoms with Crippen molar-refractivity contribution in [3.8, 4) is 0 Å². The molecule has 1 amide bonds. The number of nitrogens with zero attached hydrogens (tertiary/aromatic N) is 2. The second-order valence-corrected chi connectivity index (χ2v) is 10.2. The van der Waals surface area contributed by atoms with Crippen LogP contribution in [0.4, 0.5) is 15.8 Å². The lowest BCUT2D eigenvalue weighted by Crippen LogP contribution is -2.48. The Morgan fingerprint density at radius 1 is 0.879 bits per heavy atom.